The number of carbonyl (C=O) groups excluding carboxylic acids is 1. The topological polar surface area (TPSA) is 157 Å². The van der Waals surface area contributed by atoms with Crippen molar-refractivity contribution < 1.29 is 22.7 Å². The molecule has 178 valence electrons. The molecule has 0 unspecified atom stereocenters. The molecule has 0 aliphatic carbocycles. The lowest BCUT2D eigenvalue weighted by molar-refractivity contribution is 0.102. The van der Waals surface area contributed by atoms with Gasteiger partial charge in [0.25, 0.3) is 5.91 Å². The van der Waals surface area contributed by atoms with Gasteiger partial charge in [0.05, 0.1) is 18.1 Å². The van der Waals surface area contributed by atoms with E-state index < -0.39 is 31.3 Å². The molecule has 0 spiro atoms. The Morgan fingerprint density at radius 3 is 2.76 bits per heavy atom. The predicted octanol–water partition coefficient (Wildman–Crippen LogP) is 2.17. The Hall–Kier alpha value is -3.65. The third kappa shape index (κ3) is 3.74. The summed E-state index contributed by atoms with van der Waals surface area (Å²) in [5.41, 5.74) is 6.07. The van der Waals surface area contributed by atoms with Crippen LogP contribution in [0.2, 0.25) is 0 Å². The van der Waals surface area contributed by atoms with Crippen LogP contribution in [0.25, 0.3) is 0 Å². The summed E-state index contributed by atoms with van der Waals surface area (Å²) in [7, 11) is -3.69. The summed E-state index contributed by atoms with van der Waals surface area (Å²) >= 11 is 0. The van der Waals surface area contributed by atoms with Crippen LogP contribution < -0.4 is 20.5 Å². The van der Waals surface area contributed by atoms with Crippen molar-refractivity contribution in [3.8, 4) is 17.6 Å². The Morgan fingerprint density at radius 1 is 1.32 bits per heavy atom. The third-order valence-corrected chi connectivity index (χ3v) is 9.45. The Labute approximate surface area is 197 Å². The summed E-state index contributed by atoms with van der Waals surface area (Å²) in [6, 6.07) is 9.90. The van der Waals surface area contributed by atoms with Crippen LogP contribution in [0.4, 0.5) is 5.69 Å². The highest BCUT2D eigenvalue weighted by Gasteiger charge is 2.57. The average Bonchev–Trinajstić information content (AvgIpc) is 2.94. The van der Waals surface area contributed by atoms with Gasteiger partial charge in [0.15, 0.2) is 16.4 Å². The summed E-state index contributed by atoms with van der Waals surface area (Å²) in [5, 5.41) is 10.5. The molecule has 2 aliphatic heterocycles. The monoisotopic (exact) mass is 483 g/mol. The largest absolute Gasteiger partial charge is 0.493 e. The Balaban J connectivity index is 1.68. The van der Waals surface area contributed by atoms with Crippen LogP contribution >= 0.6 is 0 Å². The normalized spacial score (nSPS) is 24.2. The van der Waals surface area contributed by atoms with Gasteiger partial charge in [-0.3, -0.25) is 9.79 Å². The van der Waals surface area contributed by atoms with Gasteiger partial charge in [-0.25, -0.2) is 13.4 Å². The first-order valence-electron chi connectivity index (χ1n) is 10.6. The summed E-state index contributed by atoms with van der Waals surface area (Å²) in [6.07, 6.45) is 1.62. The van der Waals surface area contributed by atoms with Gasteiger partial charge in [0, 0.05) is 17.7 Å². The third-order valence-electron chi connectivity index (χ3n) is 6.38. The molecule has 3 N–H and O–H groups in total. The molecule has 11 heteroatoms. The molecular formula is C23H25N5O5S. The quantitative estimate of drug-likeness (QED) is 0.670. The molecule has 0 saturated carbocycles. The fraction of sp³-hybridized carbons (Fsp3) is 0.391. The summed E-state index contributed by atoms with van der Waals surface area (Å²) in [4.78, 5) is 21.5. The van der Waals surface area contributed by atoms with Crippen molar-refractivity contribution in [1.29, 1.82) is 5.26 Å². The predicted molar refractivity (Wildman–Crippen MR) is 126 cm³/mol. The highest BCUT2D eigenvalue weighted by atomic mass is 32.2. The van der Waals surface area contributed by atoms with Gasteiger partial charge >= 0.3 is 0 Å². The van der Waals surface area contributed by atoms with Crippen LogP contribution in [0, 0.1) is 11.3 Å². The van der Waals surface area contributed by atoms with E-state index in [1.807, 2.05) is 6.07 Å². The first-order chi connectivity index (χ1) is 16.0. The number of nitrogens with one attached hydrogen (secondary N) is 1. The lowest BCUT2D eigenvalue weighted by Crippen LogP contribution is -2.59. The molecule has 4 rings (SSSR count). The number of carbonyl (C=O) groups is 1. The SMILES string of the molecule is CC1(C)C(N)=N[C@]2(C)c3cc(NC(=O)c4ccc(OCC#N)cn4)ccc3OCC[C@H]2S1(=O)=O. The molecule has 1 aromatic heterocycles. The molecule has 2 aromatic rings. The maximum Gasteiger partial charge on any atom is 0.274 e. The average molecular weight is 484 g/mol. The van der Waals surface area contributed by atoms with Crippen molar-refractivity contribution in [2.45, 2.75) is 42.7 Å². The van der Waals surface area contributed by atoms with E-state index in [0.29, 0.717) is 22.7 Å². The van der Waals surface area contributed by atoms with Crippen molar-refractivity contribution in [1.82, 2.24) is 4.98 Å². The minimum absolute atomic E-state index is 0.0384. The highest BCUT2D eigenvalue weighted by molar-refractivity contribution is 7.94. The molecule has 3 heterocycles. The van der Waals surface area contributed by atoms with E-state index in [1.165, 1.54) is 12.3 Å². The lowest BCUT2D eigenvalue weighted by Gasteiger charge is -2.43. The molecular weight excluding hydrogens is 458 g/mol. The van der Waals surface area contributed by atoms with E-state index in [0.717, 1.165) is 0 Å². The number of rotatable bonds is 4. The molecule has 0 fully saturated rings. The van der Waals surface area contributed by atoms with Gasteiger partial charge in [-0.1, -0.05) is 0 Å². The first-order valence-corrected chi connectivity index (χ1v) is 12.2. The molecule has 0 saturated heterocycles. The van der Waals surface area contributed by atoms with E-state index in [2.05, 4.69) is 15.3 Å². The number of hydrogen-bond acceptors (Lipinski definition) is 9. The standard InChI is InChI=1S/C23H25N5O5S/c1-22(2)21(25)28-23(3)16-12-14(4-7-18(16)33-10-8-19(23)34(22,30)31)27-20(29)17-6-5-15(13-26-17)32-11-9-24/h4-7,12-13,19H,8,10-11H2,1-3H3,(H2,25,28)(H,27,29)/t19-,23-/m1/s1. The summed E-state index contributed by atoms with van der Waals surface area (Å²) in [6.45, 7) is 4.96. The van der Waals surface area contributed by atoms with E-state index >= 15 is 0 Å². The number of aromatic nitrogens is 1. The number of fused-ring (bicyclic) bond motifs is 3. The van der Waals surface area contributed by atoms with Gasteiger partial charge < -0.3 is 20.5 Å². The summed E-state index contributed by atoms with van der Waals surface area (Å²) in [5.74, 6) is 0.433. The van der Waals surface area contributed by atoms with Crippen LogP contribution in [-0.4, -0.2) is 48.4 Å². The van der Waals surface area contributed by atoms with E-state index in [-0.39, 0.29) is 31.2 Å². The maximum atomic E-state index is 13.5. The highest BCUT2D eigenvalue weighted by Crippen LogP contribution is 2.48. The smallest absolute Gasteiger partial charge is 0.274 e. The maximum absolute atomic E-state index is 13.5. The fourth-order valence-electron chi connectivity index (χ4n) is 4.25. The lowest BCUT2D eigenvalue weighted by atomic mass is 9.86. The first kappa shape index (κ1) is 23.5. The van der Waals surface area contributed by atoms with Gasteiger partial charge in [0.2, 0.25) is 0 Å². The van der Waals surface area contributed by atoms with E-state index in [4.69, 9.17) is 20.5 Å². The fourth-order valence-corrected chi connectivity index (χ4v) is 6.48. The summed E-state index contributed by atoms with van der Waals surface area (Å²) < 4.78 is 36.6. The van der Waals surface area contributed by atoms with Crippen molar-refractivity contribution in [2.24, 2.45) is 10.7 Å². The number of amides is 1. The van der Waals surface area contributed by atoms with Crippen molar-refractivity contribution >= 4 is 27.3 Å². The van der Waals surface area contributed by atoms with Gasteiger partial charge in [-0.05, 0) is 51.1 Å². The number of sulfone groups is 1. The zero-order valence-corrected chi connectivity index (χ0v) is 19.8. The minimum Gasteiger partial charge on any atom is -0.493 e. The number of nitriles is 1. The van der Waals surface area contributed by atoms with E-state index in [1.54, 1.807) is 45.0 Å². The van der Waals surface area contributed by atoms with Gasteiger partial charge in [-0.2, -0.15) is 5.26 Å². The second-order valence-corrected chi connectivity index (χ2v) is 11.5. The number of nitrogens with two attached hydrogens (primary N) is 1. The number of hydrogen-bond donors (Lipinski definition) is 2. The second-order valence-electron chi connectivity index (χ2n) is 8.82. The van der Waals surface area contributed by atoms with Crippen molar-refractivity contribution in [3.05, 3.63) is 47.8 Å². The number of nitrogens with zero attached hydrogens (tertiary/aromatic N) is 3. The zero-order valence-electron chi connectivity index (χ0n) is 19.0. The Morgan fingerprint density at radius 2 is 2.09 bits per heavy atom. The number of benzene rings is 1. The number of anilines is 1. The number of aliphatic imine (C=N–C) groups is 1. The molecule has 0 radical (unpaired) electrons. The molecule has 10 nitrogen and oxygen atoms in total. The van der Waals surface area contributed by atoms with Crippen LogP contribution in [-0.2, 0) is 15.4 Å². The molecule has 1 amide bonds. The Kier molecular flexibility index (Phi) is 5.73. The molecule has 2 aliphatic rings. The Bertz CT molecular complexity index is 1310. The number of amidine groups is 1. The molecule has 34 heavy (non-hydrogen) atoms. The zero-order chi connectivity index (χ0) is 24.7. The van der Waals surface area contributed by atoms with Crippen LogP contribution in [0.5, 0.6) is 11.5 Å². The van der Waals surface area contributed by atoms with Gasteiger partial charge in [-0.15, -0.1) is 0 Å². The van der Waals surface area contributed by atoms with E-state index in [9.17, 15) is 13.2 Å². The van der Waals surface area contributed by atoms with Crippen LogP contribution in [0.3, 0.4) is 0 Å². The molecule has 2 atom stereocenters. The van der Waals surface area contributed by atoms with Crippen LogP contribution in [0.1, 0.15) is 43.2 Å². The molecule has 0 bridgehead atoms. The number of pyridine rings is 1. The minimum atomic E-state index is -3.69. The second kappa shape index (κ2) is 8.29. The van der Waals surface area contributed by atoms with Crippen molar-refractivity contribution in [2.75, 3.05) is 18.5 Å². The molecule has 1 aromatic carbocycles. The van der Waals surface area contributed by atoms with Crippen LogP contribution in [0.15, 0.2) is 41.5 Å². The van der Waals surface area contributed by atoms with Gasteiger partial charge in [0.1, 0.15) is 39.4 Å². The number of ether oxygens (including phenoxy) is 2. The van der Waals surface area contributed by atoms with Crippen molar-refractivity contribution in [3.63, 3.8) is 0 Å².